The van der Waals surface area contributed by atoms with Crippen LogP contribution in [0.5, 0.6) is 0 Å². The number of carboxylic acid groups (broad SMARTS) is 1. The molecule has 0 fully saturated rings. The minimum absolute atomic E-state index is 0.549. The van der Waals surface area contributed by atoms with E-state index in [0.29, 0.717) is 18.6 Å². The lowest BCUT2D eigenvalue weighted by Crippen LogP contribution is -2.29. The Labute approximate surface area is 78.0 Å². The van der Waals surface area contributed by atoms with Crippen molar-refractivity contribution in [2.75, 3.05) is 0 Å². The Bertz CT molecular complexity index is 281. The molecule has 0 radical (unpaired) electrons. The van der Waals surface area contributed by atoms with E-state index in [-0.39, 0.29) is 0 Å². The number of carbonyl (C=O) groups is 1. The molecule has 0 aromatic carbocycles. The van der Waals surface area contributed by atoms with Gasteiger partial charge in [-0.1, -0.05) is 6.08 Å². The van der Waals surface area contributed by atoms with Crippen LogP contribution < -0.4 is 0 Å². The van der Waals surface area contributed by atoms with Crippen LogP contribution in [-0.4, -0.2) is 16.8 Å². The molecule has 3 heteroatoms. The van der Waals surface area contributed by atoms with Crippen molar-refractivity contribution >= 4 is 11.7 Å². The maximum atomic E-state index is 10.9. The largest absolute Gasteiger partial charge is 0.481 e. The SMILES string of the molecule is CC(=N)C1=CCC(C)(C(=O)O)CC1. The van der Waals surface area contributed by atoms with Crippen LogP contribution >= 0.6 is 0 Å². The first-order valence-corrected chi connectivity index (χ1v) is 4.44. The molecule has 1 atom stereocenters. The fourth-order valence-corrected chi connectivity index (χ4v) is 1.50. The van der Waals surface area contributed by atoms with E-state index in [2.05, 4.69) is 0 Å². The highest BCUT2D eigenvalue weighted by Gasteiger charge is 2.34. The van der Waals surface area contributed by atoms with Crippen LogP contribution in [0, 0.1) is 10.8 Å². The molecule has 2 N–H and O–H groups in total. The molecule has 13 heavy (non-hydrogen) atoms. The van der Waals surface area contributed by atoms with Gasteiger partial charge in [0.05, 0.1) is 5.41 Å². The summed E-state index contributed by atoms with van der Waals surface area (Å²) in [7, 11) is 0. The molecular weight excluding hydrogens is 166 g/mol. The molecule has 1 rings (SSSR count). The lowest BCUT2D eigenvalue weighted by atomic mass is 9.76. The minimum Gasteiger partial charge on any atom is -0.481 e. The molecule has 0 aliphatic heterocycles. The Morgan fingerprint density at radius 1 is 1.69 bits per heavy atom. The summed E-state index contributed by atoms with van der Waals surface area (Å²) in [6.07, 6.45) is 3.80. The average molecular weight is 181 g/mol. The summed E-state index contributed by atoms with van der Waals surface area (Å²) >= 11 is 0. The van der Waals surface area contributed by atoms with Gasteiger partial charge in [0.15, 0.2) is 0 Å². The van der Waals surface area contributed by atoms with E-state index in [1.807, 2.05) is 6.08 Å². The fraction of sp³-hybridized carbons (Fsp3) is 0.600. The van der Waals surface area contributed by atoms with Crippen molar-refractivity contribution < 1.29 is 9.90 Å². The number of nitrogens with one attached hydrogen (secondary N) is 1. The quantitative estimate of drug-likeness (QED) is 0.642. The summed E-state index contributed by atoms with van der Waals surface area (Å²) < 4.78 is 0. The summed E-state index contributed by atoms with van der Waals surface area (Å²) in [5.74, 6) is -0.731. The molecule has 0 amide bonds. The Kier molecular flexibility index (Phi) is 2.55. The zero-order valence-corrected chi connectivity index (χ0v) is 8.05. The van der Waals surface area contributed by atoms with E-state index in [9.17, 15) is 4.79 Å². The topological polar surface area (TPSA) is 61.2 Å². The fourth-order valence-electron chi connectivity index (χ4n) is 1.50. The molecule has 0 heterocycles. The minimum atomic E-state index is -0.731. The van der Waals surface area contributed by atoms with Crippen LogP contribution in [-0.2, 0) is 4.79 Å². The van der Waals surface area contributed by atoms with Crippen molar-refractivity contribution in [3.05, 3.63) is 11.6 Å². The van der Waals surface area contributed by atoms with Gasteiger partial charge in [-0.25, -0.2) is 0 Å². The lowest BCUT2D eigenvalue weighted by Gasteiger charge is -2.28. The van der Waals surface area contributed by atoms with Crippen molar-refractivity contribution in [3.63, 3.8) is 0 Å². The second-order valence-corrected chi connectivity index (χ2v) is 3.92. The number of carboxylic acids is 1. The Balaban J connectivity index is 2.76. The zero-order chi connectivity index (χ0) is 10.1. The van der Waals surface area contributed by atoms with Crippen molar-refractivity contribution in [1.29, 1.82) is 5.41 Å². The van der Waals surface area contributed by atoms with E-state index in [4.69, 9.17) is 10.5 Å². The number of hydrogen-bond donors (Lipinski definition) is 2. The predicted molar refractivity (Wildman–Crippen MR) is 51.1 cm³/mol. The zero-order valence-electron chi connectivity index (χ0n) is 8.05. The molecule has 1 aliphatic rings. The maximum Gasteiger partial charge on any atom is 0.309 e. The number of rotatable bonds is 2. The Morgan fingerprint density at radius 2 is 2.31 bits per heavy atom. The van der Waals surface area contributed by atoms with Gasteiger partial charge in [-0.15, -0.1) is 0 Å². The van der Waals surface area contributed by atoms with Gasteiger partial charge in [0.25, 0.3) is 0 Å². The highest BCUT2D eigenvalue weighted by atomic mass is 16.4. The molecule has 3 nitrogen and oxygen atoms in total. The first kappa shape index (κ1) is 9.96. The molecular formula is C10H15NO2. The van der Waals surface area contributed by atoms with Gasteiger partial charge in [-0.3, -0.25) is 4.79 Å². The van der Waals surface area contributed by atoms with Crippen LogP contribution in [0.25, 0.3) is 0 Å². The number of allylic oxidation sites excluding steroid dienone is 2. The van der Waals surface area contributed by atoms with E-state index in [1.165, 1.54) is 0 Å². The second kappa shape index (κ2) is 3.32. The number of aliphatic carboxylic acids is 1. The first-order chi connectivity index (χ1) is 5.96. The van der Waals surface area contributed by atoms with Crippen LogP contribution in [0.1, 0.15) is 33.1 Å². The van der Waals surface area contributed by atoms with Crippen LogP contribution in [0.3, 0.4) is 0 Å². The van der Waals surface area contributed by atoms with Gasteiger partial charge in [0.2, 0.25) is 0 Å². The van der Waals surface area contributed by atoms with Crippen LogP contribution in [0.4, 0.5) is 0 Å². The lowest BCUT2D eigenvalue weighted by molar-refractivity contribution is -0.148. The van der Waals surface area contributed by atoms with Crippen LogP contribution in [0.15, 0.2) is 11.6 Å². The van der Waals surface area contributed by atoms with Crippen molar-refractivity contribution in [2.45, 2.75) is 33.1 Å². The number of hydrogen-bond acceptors (Lipinski definition) is 2. The average Bonchev–Trinajstić information content (AvgIpc) is 2.04. The Morgan fingerprint density at radius 3 is 2.62 bits per heavy atom. The summed E-state index contributed by atoms with van der Waals surface area (Å²) in [4.78, 5) is 10.9. The monoisotopic (exact) mass is 181 g/mol. The smallest absolute Gasteiger partial charge is 0.309 e. The van der Waals surface area contributed by atoms with Gasteiger partial charge in [0, 0.05) is 5.71 Å². The third-order valence-corrected chi connectivity index (χ3v) is 2.74. The summed E-state index contributed by atoms with van der Waals surface area (Å²) in [6, 6.07) is 0. The van der Waals surface area contributed by atoms with E-state index < -0.39 is 11.4 Å². The Hall–Kier alpha value is -1.12. The predicted octanol–water partition coefficient (Wildman–Crippen LogP) is 2.23. The van der Waals surface area contributed by atoms with Gasteiger partial charge < -0.3 is 10.5 Å². The van der Waals surface area contributed by atoms with E-state index in [0.717, 1.165) is 12.0 Å². The molecule has 1 unspecified atom stereocenters. The molecule has 0 saturated heterocycles. The third kappa shape index (κ3) is 1.97. The highest BCUT2D eigenvalue weighted by Crippen LogP contribution is 2.35. The molecule has 1 aliphatic carbocycles. The molecule has 0 aromatic rings. The molecule has 0 bridgehead atoms. The molecule has 0 saturated carbocycles. The van der Waals surface area contributed by atoms with Gasteiger partial charge in [-0.2, -0.15) is 0 Å². The summed E-state index contributed by atoms with van der Waals surface area (Å²) in [5, 5.41) is 16.3. The highest BCUT2D eigenvalue weighted by molar-refractivity contribution is 5.96. The molecule has 72 valence electrons. The van der Waals surface area contributed by atoms with Crippen LogP contribution in [0.2, 0.25) is 0 Å². The third-order valence-electron chi connectivity index (χ3n) is 2.74. The van der Waals surface area contributed by atoms with Gasteiger partial charge in [0.1, 0.15) is 0 Å². The molecule has 0 spiro atoms. The summed E-state index contributed by atoms with van der Waals surface area (Å²) in [6.45, 7) is 3.51. The van der Waals surface area contributed by atoms with E-state index in [1.54, 1.807) is 13.8 Å². The first-order valence-electron chi connectivity index (χ1n) is 4.44. The summed E-state index contributed by atoms with van der Waals surface area (Å²) in [5.41, 5.74) is 0.949. The molecule has 0 aromatic heterocycles. The van der Waals surface area contributed by atoms with E-state index >= 15 is 0 Å². The van der Waals surface area contributed by atoms with Gasteiger partial charge in [-0.05, 0) is 38.7 Å². The van der Waals surface area contributed by atoms with Crippen molar-refractivity contribution in [1.82, 2.24) is 0 Å². The van der Waals surface area contributed by atoms with Crippen molar-refractivity contribution in [3.8, 4) is 0 Å². The van der Waals surface area contributed by atoms with Crippen molar-refractivity contribution in [2.24, 2.45) is 5.41 Å². The maximum absolute atomic E-state index is 10.9. The van der Waals surface area contributed by atoms with Gasteiger partial charge >= 0.3 is 5.97 Å². The standard InChI is InChI=1S/C10H15NO2/c1-7(11)8-3-5-10(2,6-4-8)9(12)13/h3,11H,4-6H2,1-2H3,(H,12,13). The normalized spacial score (nSPS) is 28.0. The second-order valence-electron chi connectivity index (χ2n) is 3.92.